The van der Waals surface area contributed by atoms with Crippen molar-refractivity contribution >= 4 is 33.3 Å². The van der Waals surface area contributed by atoms with Crippen LogP contribution in [-0.2, 0) is 0 Å². The molecule has 0 aliphatic heterocycles. The second-order valence-electron chi connectivity index (χ2n) is 2.64. The fraction of sp³-hybridized carbons (Fsp3) is 0.222. The van der Waals surface area contributed by atoms with E-state index in [1.807, 2.05) is 0 Å². The molecule has 1 aromatic carbocycles. The van der Waals surface area contributed by atoms with Crippen LogP contribution in [0.15, 0.2) is 12.1 Å². The van der Waals surface area contributed by atoms with Crippen molar-refractivity contribution in [3.8, 4) is 0 Å². The van der Waals surface area contributed by atoms with Crippen LogP contribution in [0.3, 0.4) is 0 Å². The number of hydrogen-bond acceptors (Lipinski definition) is 1. The second kappa shape index (κ2) is 4.20. The summed E-state index contributed by atoms with van der Waals surface area (Å²) in [6.45, 7) is 1.66. The van der Waals surface area contributed by atoms with Gasteiger partial charge in [-0.2, -0.15) is 0 Å². The van der Waals surface area contributed by atoms with E-state index in [2.05, 4.69) is 15.9 Å². The Bertz CT molecular complexity index is 328. The van der Waals surface area contributed by atoms with Crippen molar-refractivity contribution in [3.63, 3.8) is 0 Å². The number of aryl methyl sites for hydroxylation is 1. The Morgan fingerprint density at radius 2 is 2.23 bits per heavy atom. The minimum Gasteiger partial charge on any atom is -0.293 e. The standard InChI is InChI=1S/C9H7BrClFO/c1-5-2-6(11)3-7(12)9(5)8(13)4-10/h2-3H,4H2,1H3. The Balaban J connectivity index is 3.28. The number of carbonyl (C=O) groups excluding carboxylic acids is 1. The molecule has 0 saturated heterocycles. The topological polar surface area (TPSA) is 17.1 Å². The molecular formula is C9H7BrClFO. The maximum absolute atomic E-state index is 13.2. The van der Waals surface area contributed by atoms with Gasteiger partial charge < -0.3 is 0 Å². The molecule has 0 spiro atoms. The third kappa shape index (κ3) is 2.29. The third-order valence-electron chi connectivity index (χ3n) is 1.65. The molecule has 0 aliphatic rings. The van der Waals surface area contributed by atoms with Crippen molar-refractivity contribution in [3.05, 3.63) is 34.1 Å². The molecule has 0 unspecified atom stereocenters. The Morgan fingerprint density at radius 3 is 2.69 bits per heavy atom. The monoisotopic (exact) mass is 264 g/mol. The number of benzene rings is 1. The van der Waals surface area contributed by atoms with Crippen molar-refractivity contribution in [1.29, 1.82) is 0 Å². The molecule has 70 valence electrons. The van der Waals surface area contributed by atoms with Gasteiger partial charge in [0.15, 0.2) is 5.78 Å². The van der Waals surface area contributed by atoms with Crippen molar-refractivity contribution in [2.24, 2.45) is 0 Å². The van der Waals surface area contributed by atoms with E-state index in [0.717, 1.165) is 6.07 Å². The van der Waals surface area contributed by atoms with Crippen molar-refractivity contribution < 1.29 is 9.18 Å². The SMILES string of the molecule is Cc1cc(Cl)cc(F)c1C(=O)CBr. The molecule has 13 heavy (non-hydrogen) atoms. The summed E-state index contributed by atoms with van der Waals surface area (Å²) in [7, 11) is 0. The molecule has 1 aromatic rings. The molecule has 0 aromatic heterocycles. The molecule has 0 fully saturated rings. The average molecular weight is 266 g/mol. The van der Waals surface area contributed by atoms with Crippen LogP contribution in [0, 0.1) is 12.7 Å². The fourth-order valence-electron chi connectivity index (χ4n) is 1.12. The van der Waals surface area contributed by atoms with Gasteiger partial charge in [0.2, 0.25) is 0 Å². The van der Waals surface area contributed by atoms with Gasteiger partial charge in [0.1, 0.15) is 5.82 Å². The highest BCUT2D eigenvalue weighted by molar-refractivity contribution is 9.09. The molecule has 0 atom stereocenters. The van der Waals surface area contributed by atoms with Gasteiger partial charge in [-0.25, -0.2) is 4.39 Å². The molecule has 4 heteroatoms. The van der Waals surface area contributed by atoms with E-state index in [9.17, 15) is 9.18 Å². The summed E-state index contributed by atoms with van der Waals surface area (Å²) in [6, 6.07) is 2.71. The highest BCUT2D eigenvalue weighted by atomic mass is 79.9. The minimum atomic E-state index is -0.561. The Morgan fingerprint density at radius 1 is 1.62 bits per heavy atom. The Kier molecular flexibility index (Phi) is 3.45. The zero-order valence-electron chi connectivity index (χ0n) is 6.90. The first kappa shape index (κ1) is 10.7. The average Bonchev–Trinajstić information content (AvgIpc) is 2.02. The molecule has 0 radical (unpaired) electrons. The molecule has 0 aliphatic carbocycles. The van der Waals surface area contributed by atoms with Crippen LogP contribution in [0.5, 0.6) is 0 Å². The summed E-state index contributed by atoms with van der Waals surface area (Å²) >= 11 is 8.60. The van der Waals surface area contributed by atoms with Crippen LogP contribution in [0.25, 0.3) is 0 Å². The minimum absolute atomic E-state index is 0.112. The fourth-order valence-corrected chi connectivity index (χ4v) is 1.66. The molecular weight excluding hydrogens is 258 g/mol. The largest absolute Gasteiger partial charge is 0.293 e. The summed E-state index contributed by atoms with van der Waals surface area (Å²) in [4.78, 5) is 11.2. The summed E-state index contributed by atoms with van der Waals surface area (Å²) in [6.07, 6.45) is 0. The highest BCUT2D eigenvalue weighted by Gasteiger charge is 2.14. The maximum atomic E-state index is 13.2. The van der Waals surface area contributed by atoms with Crippen LogP contribution in [0.4, 0.5) is 4.39 Å². The van der Waals surface area contributed by atoms with Gasteiger partial charge >= 0.3 is 0 Å². The lowest BCUT2D eigenvalue weighted by Crippen LogP contribution is -2.06. The third-order valence-corrected chi connectivity index (χ3v) is 2.38. The van der Waals surface area contributed by atoms with E-state index in [-0.39, 0.29) is 16.7 Å². The summed E-state index contributed by atoms with van der Waals surface area (Å²) < 4.78 is 13.2. The van der Waals surface area contributed by atoms with E-state index >= 15 is 0 Å². The van der Waals surface area contributed by atoms with Crippen LogP contribution >= 0.6 is 27.5 Å². The van der Waals surface area contributed by atoms with Gasteiger partial charge in [0.05, 0.1) is 10.9 Å². The van der Waals surface area contributed by atoms with Gasteiger partial charge in [0.25, 0.3) is 0 Å². The molecule has 1 nitrogen and oxygen atoms in total. The van der Waals surface area contributed by atoms with Gasteiger partial charge in [-0.15, -0.1) is 0 Å². The lowest BCUT2D eigenvalue weighted by Gasteiger charge is -2.04. The number of alkyl halides is 1. The normalized spacial score (nSPS) is 10.2. The van der Waals surface area contributed by atoms with E-state index in [0.29, 0.717) is 10.6 Å². The Labute approximate surface area is 89.0 Å². The van der Waals surface area contributed by atoms with Crippen LogP contribution in [0.2, 0.25) is 5.02 Å². The number of carbonyl (C=O) groups is 1. The molecule has 0 N–H and O–H groups in total. The smallest absolute Gasteiger partial charge is 0.176 e. The van der Waals surface area contributed by atoms with E-state index in [1.54, 1.807) is 13.0 Å². The van der Waals surface area contributed by atoms with Gasteiger partial charge in [0, 0.05) is 5.02 Å². The zero-order valence-corrected chi connectivity index (χ0v) is 9.25. The maximum Gasteiger partial charge on any atom is 0.176 e. The lowest BCUT2D eigenvalue weighted by molar-refractivity contribution is 0.101. The molecule has 1 rings (SSSR count). The van der Waals surface area contributed by atoms with E-state index in [1.165, 1.54) is 0 Å². The number of Topliss-reactive ketones (excluding diaryl/α,β-unsaturated/α-hetero) is 1. The first-order valence-electron chi connectivity index (χ1n) is 3.61. The number of rotatable bonds is 2. The predicted octanol–water partition coefficient (Wildman–Crippen LogP) is 3.37. The molecule has 0 amide bonds. The zero-order chi connectivity index (χ0) is 10.0. The quantitative estimate of drug-likeness (QED) is 0.592. The lowest BCUT2D eigenvalue weighted by atomic mass is 10.1. The number of hydrogen-bond donors (Lipinski definition) is 0. The molecule has 0 bridgehead atoms. The van der Waals surface area contributed by atoms with Gasteiger partial charge in [-0.05, 0) is 24.6 Å². The van der Waals surface area contributed by atoms with Gasteiger partial charge in [-0.3, -0.25) is 4.79 Å². The van der Waals surface area contributed by atoms with E-state index < -0.39 is 5.82 Å². The van der Waals surface area contributed by atoms with Crippen molar-refractivity contribution in [2.45, 2.75) is 6.92 Å². The summed E-state index contributed by atoms with van der Waals surface area (Å²) in [5, 5.41) is 0.424. The highest BCUT2D eigenvalue weighted by Crippen LogP contribution is 2.20. The van der Waals surface area contributed by atoms with Crippen molar-refractivity contribution in [1.82, 2.24) is 0 Å². The Hall–Kier alpha value is -0.410. The summed E-state index contributed by atoms with van der Waals surface area (Å²) in [5.41, 5.74) is 0.677. The first-order valence-corrected chi connectivity index (χ1v) is 5.11. The predicted molar refractivity (Wildman–Crippen MR) is 54.3 cm³/mol. The molecule has 0 saturated carbocycles. The van der Waals surface area contributed by atoms with Crippen LogP contribution in [-0.4, -0.2) is 11.1 Å². The van der Waals surface area contributed by atoms with E-state index in [4.69, 9.17) is 11.6 Å². The molecule has 0 heterocycles. The van der Waals surface area contributed by atoms with Crippen LogP contribution < -0.4 is 0 Å². The second-order valence-corrected chi connectivity index (χ2v) is 3.63. The van der Waals surface area contributed by atoms with Crippen LogP contribution in [0.1, 0.15) is 15.9 Å². The van der Waals surface area contributed by atoms with Crippen molar-refractivity contribution in [2.75, 3.05) is 5.33 Å². The van der Waals surface area contributed by atoms with Gasteiger partial charge in [-0.1, -0.05) is 27.5 Å². The first-order chi connectivity index (χ1) is 6.06. The summed E-state index contributed by atoms with van der Waals surface area (Å²) in [5.74, 6) is -0.832. The number of ketones is 1. The number of halogens is 3.